The van der Waals surface area contributed by atoms with Crippen molar-refractivity contribution in [2.45, 2.75) is 26.8 Å². The van der Waals surface area contributed by atoms with Gasteiger partial charge in [-0.25, -0.2) is 0 Å². The van der Waals surface area contributed by atoms with Crippen LogP contribution in [-0.2, 0) is 0 Å². The van der Waals surface area contributed by atoms with Crippen molar-refractivity contribution in [3.63, 3.8) is 0 Å². The highest BCUT2D eigenvalue weighted by Crippen LogP contribution is 2.27. The summed E-state index contributed by atoms with van der Waals surface area (Å²) >= 11 is 0. The van der Waals surface area contributed by atoms with Crippen LogP contribution in [0, 0.1) is 5.92 Å². The number of hydrogen-bond donors (Lipinski definition) is 2. The third-order valence-corrected chi connectivity index (χ3v) is 2.58. The van der Waals surface area contributed by atoms with Crippen LogP contribution in [-0.4, -0.2) is 18.7 Å². The van der Waals surface area contributed by atoms with E-state index in [1.807, 2.05) is 26.1 Å². The molecule has 1 atom stereocenters. The van der Waals surface area contributed by atoms with Crippen molar-refractivity contribution in [2.24, 2.45) is 11.7 Å². The van der Waals surface area contributed by atoms with Crippen LogP contribution in [0.2, 0.25) is 0 Å². The molecule has 3 nitrogen and oxygen atoms in total. The van der Waals surface area contributed by atoms with Gasteiger partial charge in [-0.3, -0.25) is 0 Å². The van der Waals surface area contributed by atoms with E-state index in [2.05, 4.69) is 18.7 Å². The highest BCUT2D eigenvalue weighted by Gasteiger charge is 2.09. The quantitative estimate of drug-likeness (QED) is 0.823. The van der Waals surface area contributed by atoms with Crippen molar-refractivity contribution in [1.29, 1.82) is 0 Å². The molecule has 1 aromatic rings. The van der Waals surface area contributed by atoms with Crippen LogP contribution in [0.4, 0.5) is 5.69 Å². The van der Waals surface area contributed by atoms with Crippen molar-refractivity contribution in [1.82, 2.24) is 0 Å². The minimum Gasteiger partial charge on any atom is -0.508 e. The van der Waals surface area contributed by atoms with Crippen molar-refractivity contribution in [3.05, 3.63) is 23.8 Å². The molecular weight excluding hydrogens is 200 g/mol. The van der Waals surface area contributed by atoms with Gasteiger partial charge in [0.1, 0.15) is 5.75 Å². The van der Waals surface area contributed by atoms with E-state index in [9.17, 15) is 5.11 Å². The monoisotopic (exact) mass is 222 g/mol. The van der Waals surface area contributed by atoms with Crippen LogP contribution in [0.25, 0.3) is 0 Å². The molecule has 0 radical (unpaired) electrons. The topological polar surface area (TPSA) is 49.5 Å². The Balaban J connectivity index is 2.88. The Morgan fingerprint density at radius 2 is 1.94 bits per heavy atom. The summed E-state index contributed by atoms with van der Waals surface area (Å²) in [5.41, 5.74) is 7.56. The second-order valence-corrected chi connectivity index (χ2v) is 4.81. The molecule has 0 aliphatic rings. The lowest BCUT2D eigenvalue weighted by atomic mass is 10.1. The number of benzene rings is 1. The number of hydrogen-bond acceptors (Lipinski definition) is 3. The van der Waals surface area contributed by atoms with Crippen molar-refractivity contribution < 1.29 is 5.11 Å². The van der Waals surface area contributed by atoms with Crippen molar-refractivity contribution in [3.8, 4) is 5.75 Å². The van der Waals surface area contributed by atoms with Crippen molar-refractivity contribution in [2.75, 3.05) is 18.5 Å². The van der Waals surface area contributed by atoms with Gasteiger partial charge in [0.05, 0.1) is 0 Å². The third kappa shape index (κ3) is 3.14. The Bertz CT molecular complexity index is 348. The molecule has 0 fully saturated rings. The van der Waals surface area contributed by atoms with Crippen LogP contribution >= 0.6 is 0 Å². The lowest BCUT2D eigenvalue weighted by molar-refractivity contribution is 0.463. The van der Waals surface area contributed by atoms with E-state index in [0.29, 0.717) is 5.92 Å². The van der Waals surface area contributed by atoms with Gasteiger partial charge in [0.15, 0.2) is 0 Å². The molecule has 3 heteroatoms. The average Bonchev–Trinajstić information content (AvgIpc) is 2.15. The van der Waals surface area contributed by atoms with Crippen LogP contribution in [0.1, 0.15) is 32.4 Å². The zero-order valence-corrected chi connectivity index (χ0v) is 10.6. The molecule has 0 heterocycles. The Labute approximate surface area is 97.9 Å². The van der Waals surface area contributed by atoms with Gasteiger partial charge < -0.3 is 15.7 Å². The van der Waals surface area contributed by atoms with E-state index >= 15 is 0 Å². The van der Waals surface area contributed by atoms with Gasteiger partial charge in [0.2, 0.25) is 0 Å². The lowest BCUT2D eigenvalue weighted by Gasteiger charge is -2.22. The van der Waals surface area contributed by atoms with E-state index in [1.165, 1.54) is 0 Å². The minimum atomic E-state index is -0.135. The third-order valence-electron chi connectivity index (χ3n) is 2.58. The van der Waals surface area contributed by atoms with Gasteiger partial charge in [-0.2, -0.15) is 0 Å². The first kappa shape index (κ1) is 12.8. The minimum absolute atomic E-state index is 0.135. The van der Waals surface area contributed by atoms with Gasteiger partial charge in [0.25, 0.3) is 0 Å². The largest absolute Gasteiger partial charge is 0.508 e. The fraction of sp³-hybridized carbons (Fsp3) is 0.538. The standard InChI is InChI=1S/C13H22N2O/c1-9(2)8-15(4)11-5-6-12(10(3)14)13(16)7-11/h5-7,9-10,16H,8,14H2,1-4H3. The summed E-state index contributed by atoms with van der Waals surface area (Å²) < 4.78 is 0. The predicted molar refractivity (Wildman–Crippen MR) is 68.8 cm³/mol. The van der Waals surface area contributed by atoms with Gasteiger partial charge >= 0.3 is 0 Å². The Kier molecular flexibility index (Phi) is 4.19. The Hall–Kier alpha value is -1.22. The molecule has 16 heavy (non-hydrogen) atoms. The lowest BCUT2D eigenvalue weighted by Crippen LogP contribution is -2.22. The first-order valence-electron chi connectivity index (χ1n) is 5.71. The summed E-state index contributed by atoms with van der Waals surface area (Å²) in [7, 11) is 2.03. The maximum atomic E-state index is 9.84. The van der Waals surface area contributed by atoms with Crippen LogP contribution in [0.15, 0.2) is 18.2 Å². The van der Waals surface area contributed by atoms with Gasteiger partial charge in [-0.15, -0.1) is 0 Å². The van der Waals surface area contributed by atoms with Crippen LogP contribution in [0.3, 0.4) is 0 Å². The molecule has 0 aliphatic carbocycles. The first-order chi connectivity index (χ1) is 7.41. The number of rotatable bonds is 4. The molecule has 0 spiro atoms. The summed E-state index contributed by atoms with van der Waals surface area (Å²) in [6.07, 6.45) is 0. The van der Waals surface area contributed by atoms with Gasteiger partial charge in [-0.05, 0) is 18.9 Å². The second-order valence-electron chi connectivity index (χ2n) is 4.81. The fourth-order valence-electron chi connectivity index (χ4n) is 1.81. The van der Waals surface area contributed by atoms with E-state index < -0.39 is 0 Å². The van der Waals surface area contributed by atoms with Crippen molar-refractivity contribution >= 4 is 5.69 Å². The average molecular weight is 222 g/mol. The Morgan fingerprint density at radius 3 is 2.38 bits per heavy atom. The number of aromatic hydroxyl groups is 1. The number of phenolic OH excluding ortho intramolecular Hbond substituents is 1. The molecule has 1 rings (SSSR count). The predicted octanol–water partition coefficient (Wildman–Crippen LogP) is 2.50. The molecule has 3 N–H and O–H groups in total. The highest BCUT2D eigenvalue weighted by molar-refractivity contribution is 5.53. The van der Waals surface area contributed by atoms with E-state index in [4.69, 9.17) is 5.73 Å². The molecule has 1 aromatic carbocycles. The summed E-state index contributed by atoms with van der Waals surface area (Å²) in [5, 5.41) is 9.84. The number of anilines is 1. The maximum absolute atomic E-state index is 9.84. The maximum Gasteiger partial charge on any atom is 0.122 e. The molecule has 90 valence electrons. The van der Waals surface area contributed by atoms with E-state index in [0.717, 1.165) is 17.8 Å². The second kappa shape index (κ2) is 5.21. The normalized spacial score (nSPS) is 12.9. The summed E-state index contributed by atoms with van der Waals surface area (Å²) in [6, 6.07) is 5.54. The van der Waals surface area contributed by atoms with Crippen LogP contribution in [0.5, 0.6) is 5.75 Å². The summed E-state index contributed by atoms with van der Waals surface area (Å²) in [4.78, 5) is 2.13. The first-order valence-corrected chi connectivity index (χ1v) is 5.71. The number of nitrogens with zero attached hydrogens (tertiary/aromatic N) is 1. The number of nitrogens with two attached hydrogens (primary N) is 1. The zero-order valence-electron chi connectivity index (χ0n) is 10.6. The molecule has 0 amide bonds. The molecule has 0 bridgehead atoms. The number of phenols is 1. The zero-order chi connectivity index (χ0) is 12.3. The SMILES string of the molecule is CC(C)CN(C)c1ccc(C(C)N)c(O)c1. The molecule has 0 aliphatic heterocycles. The van der Waals surface area contributed by atoms with Gasteiger partial charge in [-0.1, -0.05) is 19.9 Å². The Morgan fingerprint density at radius 1 is 1.31 bits per heavy atom. The van der Waals surface area contributed by atoms with E-state index in [-0.39, 0.29) is 11.8 Å². The fourth-order valence-corrected chi connectivity index (χ4v) is 1.81. The molecule has 1 unspecified atom stereocenters. The molecule has 0 saturated heterocycles. The highest BCUT2D eigenvalue weighted by atomic mass is 16.3. The summed E-state index contributed by atoms with van der Waals surface area (Å²) in [6.45, 7) is 7.18. The van der Waals surface area contributed by atoms with Crippen LogP contribution < -0.4 is 10.6 Å². The molecule has 0 saturated carbocycles. The summed E-state index contributed by atoms with van der Waals surface area (Å²) in [5.74, 6) is 0.878. The van der Waals surface area contributed by atoms with E-state index in [1.54, 1.807) is 6.07 Å². The van der Waals surface area contributed by atoms with Gasteiger partial charge in [0, 0.05) is 37.0 Å². The molecule has 0 aromatic heterocycles. The smallest absolute Gasteiger partial charge is 0.122 e. The molecular formula is C13H22N2O.